The molecule has 3 aliphatic heterocycles. The molecule has 0 aliphatic carbocycles. The molecule has 50 heavy (non-hydrogen) atoms. The molecule has 0 bridgehead atoms. The lowest BCUT2D eigenvalue weighted by Gasteiger charge is -2.34. The molecular weight excluding hydrogens is 642 g/mol. The van der Waals surface area contributed by atoms with E-state index in [1.54, 1.807) is 0 Å². The summed E-state index contributed by atoms with van der Waals surface area (Å²) >= 11 is 0. The van der Waals surface area contributed by atoms with Gasteiger partial charge in [-0.2, -0.15) is 0 Å². The lowest BCUT2D eigenvalue weighted by molar-refractivity contribution is -0.144. The SMILES string of the molecule is CC[C@@H](C)[C@@H]1NC(=O)[C@H]2CCCN2C(=O)CNC(=O)[C@@H](CC(C)C)NC(=O)[C@H]([C@@H](C)CC)NC(=O)[C@@H]2CCCN2C(=O)[C@H]([C@H](C)CC)NC1=O. The Kier molecular flexibility index (Phi) is 15.1. The third kappa shape index (κ3) is 9.96. The highest BCUT2D eigenvalue weighted by Gasteiger charge is 2.43. The van der Waals surface area contributed by atoms with E-state index in [4.69, 9.17) is 0 Å². The van der Waals surface area contributed by atoms with E-state index in [-0.39, 0.29) is 30.2 Å². The van der Waals surface area contributed by atoms with Crippen molar-refractivity contribution in [2.24, 2.45) is 23.7 Å². The van der Waals surface area contributed by atoms with Gasteiger partial charge < -0.3 is 36.4 Å². The van der Waals surface area contributed by atoms with Crippen molar-refractivity contribution in [2.45, 2.75) is 143 Å². The molecule has 0 unspecified atom stereocenters. The molecule has 14 nitrogen and oxygen atoms in total. The lowest BCUT2D eigenvalue weighted by Crippen LogP contribution is -2.61. The van der Waals surface area contributed by atoms with Gasteiger partial charge in [-0.25, -0.2) is 0 Å². The standard InChI is InChI=1S/C36H61N7O7/c1-9-21(6)28-34(48)38-24(18-20(4)5)31(45)37-19-27(44)42-16-12-14-25(42)32(46)40-29(22(7)10-2)35(49)41-30(23(8)11-3)36(50)43-17-13-15-26(43)33(47)39-28/h20-26,28-30H,9-19H2,1-8H3,(H,37,45)(H,38,48)(H,39,47)(H,40,46)(H,41,49)/t21-,22+,23+,24+,25+,26-,28-,29-,30-/m0/s1. The second-order valence-corrected chi connectivity index (χ2v) is 15.0. The topological polar surface area (TPSA) is 186 Å². The van der Waals surface area contributed by atoms with Crippen molar-refractivity contribution in [1.82, 2.24) is 36.4 Å². The maximum Gasteiger partial charge on any atom is 0.246 e. The summed E-state index contributed by atoms with van der Waals surface area (Å²) in [7, 11) is 0. The van der Waals surface area contributed by atoms with Gasteiger partial charge in [-0.05, 0) is 55.8 Å². The molecule has 0 spiro atoms. The minimum atomic E-state index is -0.980. The van der Waals surface area contributed by atoms with Crippen LogP contribution in [-0.4, -0.2) is 107 Å². The van der Waals surface area contributed by atoms with Crippen LogP contribution in [0.2, 0.25) is 0 Å². The number of fused-ring (bicyclic) bond motifs is 2. The Balaban J connectivity index is 2.06. The zero-order valence-electron chi connectivity index (χ0n) is 31.3. The van der Waals surface area contributed by atoms with Gasteiger partial charge in [0.2, 0.25) is 41.4 Å². The fourth-order valence-electron chi connectivity index (χ4n) is 7.00. The number of carbonyl (C=O) groups excluding carboxylic acids is 7. The van der Waals surface area contributed by atoms with Crippen molar-refractivity contribution < 1.29 is 33.6 Å². The van der Waals surface area contributed by atoms with E-state index in [9.17, 15) is 33.6 Å². The molecule has 0 radical (unpaired) electrons. The molecule has 7 amide bonds. The summed E-state index contributed by atoms with van der Waals surface area (Å²) in [6.07, 6.45) is 3.93. The maximum atomic E-state index is 14.2. The summed E-state index contributed by atoms with van der Waals surface area (Å²) in [6, 6.07) is -5.55. The van der Waals surface area contributed by atoms with Gasteiger partial charge in [0.05, 0.1) is 6.54 Å². The van der Waals surface area contributed by atoms with Crippen LogP contribution in [0.3, 0.4) is 0 Å². The van der Waals surface area contributed by atoms with E-state index in [1.807, 2.05) is 55.4 Å². The third-order valence-corrected chi connectivity index (χ3v) is 10.8. The molecule has 282 valence electrons. The van der Waals surface area contributed by atoms with Crippen molar-refractivity contribution >= 4 is 41.4 Å². The van der Waals surface area contributed by atoms with E-state index in [1.165, 1.54) is 9.80 Å². The zero-order chi connectivity index (χ0) is 37.3. The second-order valence-electron chi connectivity index (χ2n) is 15.0. The van der Waals surface area contributed by atoms with Gasteiger partial charge >= 0.3 is 0 Å². The smallest absolute Gasteiger partial charge is 0.246 e. The molecule has 3 rings (SSSR count). The molecule has 0 aromatic heterocycles. The number of carbonyl (C=O) groups is 7. The van der Waals surface area contributed by atoms with Crippen LogP contribution in [0.25, 0.3) is 0 Å². The fraction of sp³-hybridized carbons (Fsp3) is 0.806. The summed E-state index contributed by atoms with van der Waals surface area (Å²) in [6.45, 7) is 15.3. The van der Waals surface area contributed by atoms with E-state index in [0.717, 1.165) is 0 Å². The number of nitrogens with one attached hydrogen (secondary N) is 5. The monoisotopic (exact) mass is 703 g/mol. The Morgan fingerprint density at radius 3 is 1.52 bits per heavy atom. The van der Waals surface area contributed by atoms with Crippen LogP contribution >= 0.6 is 0 Å². The molecule has 0 aromatic carbocycles. The van der Waals surface area contributed by atoms with E-state index in [2.05, 4.69) is 26.6 Å². The van der Waals surface area contributed by atoms with Crippen molar-refractivity contribution in [3.05, 3.63) is 0 Å². The van der Waals surface area contributed by atoms with Gasteiger partial charge in [0.1, 0.15) is 36.3 Å². The summed E-state index contributed by atoms with van der Waals surface area (Å²) in [5.74, 6) is -4.22. The first-order chi connectivity index (χ1) is 23.6. The fourth-order valence-corrected chi connectivity index (χ4v) is 7.00. The molecule has 0 aromatic rings. The van der Waals surface area contributed by atoms with Gasteiger partial charge in [-0.3, -0.25) is 33.6 Å². The van der Waals surface area contributed by atoms with E-state index in [0.29, 0.717) is 64.5 Å². The lowest BCUT2D eigenvalue weighted by atomic mass is 9.94. The number of amides is 7. The first kappa shape index (κ1) is 40.7. The van der Waals surface area contributed by atoms with Gasteiger partial charge in [-0.1, -0.05) is 74.7 Å². The average Bonchev–Trinajstić information content (AvgIpc) is 3.79. The van der Waals surface area contributed by atoms with Crippen LogP contribution in [0.5, 0.6) is 0 Å². The first-order valence-electron chi connectivity index (χ1n) is 18.7. The number of rotatable bonds is 8. The number of hydrogen-bond acceptors (Lipinski definition) is 7. The van der Waals surface area contributed by atoms with Crippen LogP contribution in [-0.2, 0) is 33.6 Å². The minimum absolute atomic E-state index is 0.0193. The Bertz CT molecular complexity index is 1260. The molecule has 0 saturated carbocycles. The van der Waals surface area contributed by atoms with E-state index < -0.39 is 77.6 Å². The quantitative estimate of drug-likeness (QED) is 0.252. The Labute approximate surface area is 297 Å². The Morgan fingerprint density at radius 2 is 1.02 bits per heavy atom. The van der Waals surface area contributed by atoms with Gasteiger partial charge in [0.15, 0.2) is 0 Å². The van der Waals surface area contributed by atoms with Crippen molar-refractivity contribution in [2.75, 3.05) is 19.6 Å². The number of hydrogen-bond donors (Lipinski definition) is 5. The van der Waals surface area contributed by atoms with E-state index >= 15 is 0 Å². The van der Waals surface area contributed by atoms with Crippen molar-refractivity contribution in [1.29, 1.82) is 0 Å². The average molecular weight is 704 g/mol. The van der Waals surface area contributed by atoms with Gasteiger partial charge in [0, 0.05) is 13.1 Å². The molecule has 5 N–H and O–H groups in total. The molecule has 3 aliphatic rings. The van der Waals surface area contributed by atoms with Crippen molar-refractivity contribution in [3.8, 4) is 0 Å². The van der Waals surface area contributed by atoms with Crippen LogP contribution < -0.4 is 26.6 Å². The summed E-state index contributed by atoms with van der Waals surface area (Å²) in [5.41, 5.74) is 0. The Morgan fingerprint density at radius 1 is 0.580 bits per heavy atom. The van der Waals surface area contributed by atoms with Crippen LogP contribution in [0.4, 0.5) is 0 Å². The largest absolute Gasteiger partial charge is 0.345 e. The zero-order valence-corrected chi connectivity index (χ0v) is 31.3. The number of nitrogens with zero attached hydrogens (tertiary/aromatic N) is 2. The van der Waals surface area contributed by atoms with Gasteiger partial charge in [-0.15, -0.1) is 0 Å². The van der Waals surface area contributed by atoms with Crippen LogP contribution in [0.1, 0.15) is 107 Å². The molecule has 3 heterocycles. The van der Waals surface area contributed by atoms with Gasteiger partial charge in [0.25, 0.3) is 0 Å². The van der Waals surface area contributed by atoms with Crippen molar-refractivity contribution in [3.63, 3.8) is 0 Å². The summed E-state index contributed by atoms with van der Waals surface area (Å²) in [4.78, 5) is 99.3. The highest BCUT2D eigenvalue weighted by molar-refractivity contribution is 5.98. The minimum Gasteiger partial charge on any atom is -0.345 e. The highest BCUT2D eigenvalue weighted by Crippen LogP contribution is 2.24. The predicted octanol–water partition coefficient (Wildman–Crippen LogP) is 1.22. The normalized spacial score (nSPS) is 29.9. The Hall–Kier alpha value is -3.71. The third-order valence-electron chi connectivity index (χ3n) is 10.8. The molecule has 14 heteroatoms. The molecule has 3 fully saturated rings. The summed E-state index contributed by atoms with van der Waals surface area (Å²) in [5, 5.41) is 14.2. The van der Waals surface area contributed by atoms with Crippen LogP contribution in [0, 0.1) is 23.7 Å². The highest BCUT2D eigenvalue weighted by atomic mass is 16.2. The maximum absolute atomic E-state index is 14.2. The predicted molar refractivity (Wildman–Crippen MR) is 188 cm³/mol. The molecule has 9 atom stereocenters. The molecular formula is C36H61N7O7. The second kappa shape index (κ2) is 18.5. The summed E-state index contributed by atoms with van der Waals surface area (Å²) < 4.78 is 0. The molecule has 3 saturated heterocycles. The van der Waals surface area contributed by atoms with Crippen LogP contribution in [0.15, 0.2) is 0 Å². The first-order valence-corrected chi connectivity index (χ1v) is 18.7.